The number of aromatic nitrogens is 4. The first-order valence-electron chi connectivity index (χ1n) is 19.4. The number of fused-ring (bicyclic) bond motifs is 10. The van der Waals surface area contributed by atoms with E-state index in [0.29, 0.717) is 0 Å². The van der Waals surface area contributed by atoms with Gasteiger partial charge in [-0.15, -0.1) is 11.4 Å². The summed E-state index contributed by atoms with van der Waals surface area (Å²) in [6.45, 7) is 19.0. The van der Waals surface area contributed by atoms with Crippen molar-refractivity contribution in [3.05, 3.63) is 141 Å². The Labute approximate surface area is 355 Å². The van der Waals surface area contributed by atoms with E-state index in [-0.39, 0.29) is 5.41 Å². The monoisotopic (exact) mass is 1000 g/mol. The van der Waals surface area contributed by atoms with Gasteiger partial charge >= 0.3 is 32.3 Å². The molecule has 1 fully saturated rings. The molecule has 0 unspecified atom stereocenters. The fourth-order valence-electron chi connectivity index (χ4n) is 6.62. The molecule has 0 amide bonds. The van der Waals surface area contributed by atoms with Gasteiger partial charge < -0.3 is 24.7 Å². The van der Waals surface area contributed by atoms with Crippen LogP contribution in [0.15, 0.2) is 92.8 Å². The molecular formula is C46H50N8O3U. The van der Waals surface area contributed by atoms with E-state index >= 15 is 0 Å². The Morgan fingerprint density at radius 1 is 0.534 bits per heavy atom. The van der Waals surface area contributed by atoms with E-state index in [1.165, 1.54) is 12.8 Å². The molecule has 2 aliphatic heterocycles. The zero-order chi connectivity index (χ0) is 41.5. The zero-order valence-corrected chi connectivity index (χ0v) is 38.6. The first-order chi connectivity index (χ1) is 27.8. The summed E-state index contributed by atoms with van der Waals surface area (Å²) in [6.07, 6.45) is 9.91. The Bertz CT molecular complexity index is 2200. The van der Waals surface area contributed by atoms with Gasteiger partial charge in [0.1, 0.15) is 0 Å². The Morgan fingerprint density at radius 2 is 0.897 bits per heavy atom. The van der Waals surface area contributed by atoms with Crippen molar-refractivity contribution in [1.29, 1.82) is 0 Å². The number of aliphatic imine (C=N–C) groups is 4. The van der Waals surface area contributed by atoms with Crippen LogP contribution in [0, 0.1) is 55.5 Å². The second-order valence-corrected chi connectivity index (χ2v) is 16.4. The van der Waals surface area contributed by atoms with Gasteiger partial charge in [-0.1, -0.05) is 38.1 Å². The fourth-order valence-corrected chi connectivity index (χ4v) is 6.62. The molecule has 12 heteroatoms. The molecule has 0 atom stereocenters. The second kappa shape index (κ2) is 18.6. The van der Waals surface area contributed by atoms with Gasteiger partial charge in [-0.3, -0.25) is 20.0 Å². The number of H-pyrrole nitrogens is 2. The number of aromatic amines is 2. The van der Waals surface area contributed by atoms with E-state index < -0.39 is 33.2 Å². The van der Waals surface area contributed by atoms with Gasteiger partial charge in [-0.25, -0.2) is 0 Å². The quantitative estimate of drug-likeness (QED) is 0.155. The van der Waals surface area contributed by atoms with E-state index in [4.69, 9.17) is 39.1 Å². The van der Waals surface area contributed by atoms with Gasteiger partial charge in [0.25, 0.3) is 0 Å². The Balaban J connectivity index is 0.000000642. The molecule has 0 radical (unpaired) electrons. The number of hydrogen-bond donors (Lipinski definition) is 2. The third-order valence-electron chi connectivity index (χ3n) is 10.7. The SMILES string of the molecule is C1CCOC1.Cc1cc2c(cc1C)N=Cc1ccc([nH]1)C(C)(C)c1ccc([nH]1)C=Nc1cc(C)c(C)cc1N=Cc1ccc([n-]1)C(C)(C)c1ccc([n-]1)C=N2.[O]=[U+2]=[O]. The molecule has 1 saturated heterocycles. The molecule has 58 heavy (non-hydrogen) atoms. The molecule has 0 spiro atoms. The van der Waals surface area contributed by atoms with Crippen LogP contribution >= 0.6 is 0 Å². The van der Waals surface area contributed by atoms with Crippen LogP contribution in [0.25, 0.3) is 0 Å². The molecule has 8 bridgehead atoms. The summed E-state index contributed by atoms with van der Waals surface area (Å²) in [5, 5.41) is 0. The predicted molar refractivity (Wildman–Crippen MR) is 228 cm³/mol. The van der Waals surface area contributed by atoms with E-state index in [0.717, 1.165) is 104 Å². The van der Waals surface area contributed by atoms with Crippen molar-refractivity contribution in [2.45, 2.75) is 79.1 Å². The number of benzene rings is 2. The predicted octanol–water partition coefficient (Wildman–Crippen LogP) is 10.0. The van der Waals surface area contributed by atoms with Crippen LogP contribution in [-0.4, -0.2) is 48.0 Å². The minimum absolute atomic E-state index is 0.319. The summed E-state index contributed by atoms with van der Waals surface area (Å²) < 4.78 is 22.1. The van der Waals surface area contributed by atoms with Crippen molar-refractivity contribution in [3.8, 4) is 0 Å². The molecule has 2 aliphatic rings. The number of aryl methyl sites for hydroxylation is 4. The number of nitrogens with zero attached hydrogens (tertiary/aromatic N) is 6. The molecule has 0 aliphatic carbocycles. The van der Waals surface area contributed by atoms with E-state index in [1.807, 2.05) is 49.1 Å². The summed E-state index contributed by atoms with van der Waals surface area (Å²) in [4.78, 5) is 36.6. The average molecular weight is 1000 g/mol. The van der Waals surface area contributed by atoms with Crippen molar-refractivity contribution >= 4 is 47.6 Å². The van der Waals surface area contributed by atoms with Gasteiger partial charge in [0.2, 0.25) is 0 Å². The van der Waals surface area contributed by atoms with Crippen LogP contribution in [0.2, 0.25) is 0 Å². The van der Waals surface area contributed by atoms with Crippen molar-refractivity contribution in [2.75, 3.05) is 13.2 Å². The van der Waals surface area contributed by atoms with Gasteiger partial charge in [0.05, 0.1) is 46.6 Å². The van der Waals surface area contributed by atoms with Crippen LogP contribution < -0.4 is 9.97 Å². The number of rotatable bonds is 0. The summed E-state index contributed by atoms with van der Waals surface area (Å²) >= 11 is -2.51. The Morgan fingerprint density at radius 3 is 1.24 bits per heavy atom. The zero-order valence-electron chi connectivity index (χ0n) is 34.5. The minimum atomic E-state index is -2.51. The topological polar surface area (TPSA) is 153 Å². The van der Waals surface area contributed by atoms with Crippen LogP contribution in [0.1, 0.15) is 108 Å². The maximum atomic E-state index is 8.58. The first kappa shape index (κ1) is 42.5. The van der Waals surface area contributed by atoms with Crippen LogP contribution in [0.5, 0.6) is 0 Å². The second-order valence-electron chi connectivity index (χ2n) is 15.7. The number of ether oxygens (including phenoxy) is 1. The average Bonchev–Trinajstić information content (AvgIpc) is 4.05. The summed E-state index contributed by atoms with van der Waals surface area (Å²) in [5.41, 5.74) is 14.4. The molecule has 296 valence electrons. The third kappa shape index (κ3) is 10.1. The molecule has 4 aromatic heterocycles. The molecule has 6 heterocycles. The summed E-state index contributed by atoms with van der Waals surface area (Å²) in [6, 6.07) is 24.8. The molecule has 2 N–H and O–H groups in total. The summed E-state index contributed by atoms with van der Waals surface area (Å²) in [5.74, 6) is 0. The molecule has 2 aromatic carbocycles. The molecule has 6 aromatic rings. The molecule has 0 saturated carbocycles. The van der Waals surface area contributed by atoms with Crippen LogP contribution in [-0.2, 0) is 20.0 Å². The third-order valence-corrected chi connectivity index (χ3v) is 10.7. The van der Waals surface area contributed by atoms with Gasteiger partial charge in [0.15, 0.2) is 0 Å². The Kier molecular flexibility index (Phi) is 13.6. The van der Waals surface area contributed by atoms with Gasteiger partial charge in [0, 0.05) is 42.4 Å². The molecular weight excluding hydrogens is 951 g/mol. The van der Waals surface area contributed by atoms with E-state index in [2.05, 4.69) is 114 Å². The van der Waals surface area contributed by atoms with Gasteiger partial charge in [-0.2, -0.15) is 11.4 Å². The summed E-state index contributed by atoms with van der Waals surface area (Å²) in [7, 11) is 0. The van der Waals surface area contributed by atoms with Crippen LogP contribution in [0.3, 0.4) is 0 Å². The number of nitrogens with one attached hydrogen (secondary N) is 2. The van der Waals surface area contributed by atoms with E-state index in [1.54, 1.807) is 0 Å². The molecule has 8 rings (SSSR count). The maximum absolute atomic E-state index is 8.58. The van der Waals surface area contributed by atoms with Crippen molar-refractivity contribution in [2.24, 2.45) is 20.0 Å². The van der Waals surface area contributed by atoms with E-state index in [9.17, 15) is 0 Å². The van der Waals surface area contributed by atoms with Crippen molar-refractivity contribution in [3.63, 3.8) is 0 Å². The first-order valence-corrected chi connectivity index (χ1v) is 22.8. The normalized spacial score (nSPS) is 15.3. The Hall–Kier alpha value is -5.15. The fraction of sp³-hybridized carbons (Fsp3) is 0.304. The number of hydrogen-bond acceptors (Lipinski definition) is 7. The standard InChI is InChI=1S/C42H42N8.C4H8O.2O.U/c1-25-17-33-34(18-26(25)2)44-22-30-10-14-38(48-30)42(7,8)40-16-12-32(50-40)24-46-36-20-28(4)27(3)19-35(36)45-23-31-11-15-39(49-31)41(5,6)37-13-9-29(47-37)21-43-33;1-2-4-5-3-1;;;/h9-24,47,49H,1-8H3;1-4H2;;;/q-2;;;;+2. The molecule has 11 nitrogen and oxygen atoms in total. The van der Waals surface area contributed by atoms with Crippen molar-refractivity contribution in [1.82, 2.24) is 19.9 Å². The van der Waals surface area contributed by atoms with Crippen molar-refractivity contribution < 1.29 is 37.0 Å². The van der Waals surface area contributed by atoms with Gasteiger partial charge in [-0.05, 0) is 131 Å². The van der Waals surface area contributed by atoms with Crippen LogP contribution in [0.4, 0.5) is 22.7 Å².